The van der Waals surface area contributed by atoms with Crippen molar-refractivity contribution in [2.75, 3.05) is 39.3 Å². The Morgan fingerprint density at radius 3 is 2.20 bits per heavy atom. The van der Waals surface area contributed by atoms with Gasteiger partial charge in [0.25, 0.3) is 10.2 Å². The minimum absolute atomic E-state index is 0. The standard InChI is InChI=1S/C13H27N3O2S.ClH/c1-3-14-10-13-5-8-15(9-6-13)19(17,18)16-7-4-12(2)11-16;/h12-14H,3-11H2,1-2H3;1H. The summed E-state index contributed by atoms with van der Waals surface area (Å²) in [5.74, 6) is 1.13. The van der Waals surface area contributed by atoms with Gasteiger partial charge in [-0.15, -0.1) is 12.4 Å². The van der Waals surface area contributed by atoms with E-state index in [4.69, 9.17) is 0 Å². The Labute approximate surface area is 129 Å². The van der Waals surface area contributed by atoms with Gasteiger partial charge in [0.05, 0.1) is 0 Å². The molecule has 2 heterocycles. The number of hydrogen-bond acceptors (Lipinski definition) is 3. The highest BCUT2D eigenvalue weighted by molar-refractivity contribution is 7.86. The van der Waals surface area contributed by atoms with E-state index in [0.717, 1.165) is 32.4 Å². The van der Waals surface area contributed by atoms with Crippen LogP contribution < -0.4 is 5.32 Å². The summed E-state index contributed by atoms with van der Waals surface area (Å²) in [4.78, 5) is 0. The lowest BCUT2D eigenvalue weighted by Crippen LogP contribution is -2.47. The van der Waals surface area contributed by atoms with Gasteiger partial charge in [0, 0.05) is 26.2 Å². The van der Waals surface area contributed by atoms with E-state index in [9.17, 15) is 8.42 Å². The molecule has 0 aromatic rings. The molecule has 2 aliphatic rings. The van der Waals surface area contributed by atoms with Gasteiger partial charge in [-0.2, -0.15) is 17.0 Å². The fourth-order valence-electron chi connectivity index (χ4n) is 2.96. The molecule has 1 N–H and O–H groups in total. The molecule has 2 aliphatic heterocycles. The van der Waals surface area contributed by atoms with Crippen molar-refractivity contribution in [1.82, 2.24) is 13.9 Å². The van der Waals surface area contributed by atoms with E-state index in [-0.39, 0.29) is 12.4 Å². The molecule has 2 rings (SSSR count). The number of piperidine rings is 1. The highest BCUT2D eigenvalue weighted by Gasteiger charge is 2.35. The van der Waals surface area contributed by atoms with Gasteiger partial charge < -0.3 is 5.32 Å². The third kappa shape index (κ3) is 4.31. The number of rotatable bonds is 5. The summed E-state index contributed by atoms with van der Waals surface area (Å²) in [6.07, 6.45) is 2.96. The second kappa shape index (κ2) is 7.94. The van der Waals surface area contributed by atoms with Crippen molar-refractivity contribution < 1.29 is 8.42 Å². The summed E-state index contributed by atoms with van der Waals surface area (Å²) in [5, 5.41) is 3.35. The smallest absolute Gasteiger partial charge is 0.281 e. The van der Waals surface area contributed by atoms with Crippen LogP contribution in [0.4, 0.5) is 0 Å². The Kier molecular flexibility index (Phi) is 7.21. The van der Waals surface area contributed by atoms with E-state index < -0.39 is 10.2 Å². The predicted octanol–water partition coefficient (Wildman–Crippen LogP) is 1.32. The van der Waals surface area contributed by atoms with Crippen LogP contribution in [0.25, 0.3) is 0 Å². The van der Waals surface area contributed by atoms with E-state index in [1.807, 2.05) is 0 Å². The first-order valence-electron chi connectivity index (χ1n) is 7.50. The molecule has 0 aromatic heterocycles. The van der Waals surface area contributed by atoms with Gasteiger partial charge in [-0.05, 0) is 44.2 Å². The van der Waals surface area contributed by atoms with Gasteiger partial charge in [0.1, 0.15) is 0 Å². The van der Waals surface area contributed by atoms with Gasteiger partial charge >= 0.3 is 0 Å². The van der Waals surface area contributed by atoms with Crippen LogP contribution in [0.3, 0.4) is 0 Å². The highest BCUT2D eigenvalue weighted by atomic mass is 35.5. The van der Waals surface area contributed by atoms with Crippen molar-refractivity contribution in [3.63, 3.8) is 0 Å². The number of hydrogen-bond donors (Lipinski definition) is 1. The molecule has 5 nitrogen and oxygen atoms in total. The summed E-state index contributed by atoms with van der Waals surface area (Å²) < 4.78 is 28.3. The minimum atomic E-state index is -3.19. The largest absolute Gasteiger partial charge is 0.317 e. The molecule has 0 radical (unpaired) electrons. The minimum Gasteiger partial charge on any atom is -0.317 e. The lowest BCUT2D eigenvalue weighted by atomic mass is 9.98. The first kappa shape index (κ1) is 18.2. The zero-order valence-corrected chi connectivity index (χ0v) is 14.2. The topological polar surface area (TPSA) is 52.7 Å². The average molecular weight is 326 g/mol. The Morgan fingerprint density at radius 1 is 1.10 bits per heavy atom. The molecule has 0 amide bonds. The molecular formula is C13H28ClN3O2S. The molecule has 2 fully saturated rings. The molecule has 20 heavy (non-hydrogen) atoms. The van der Waals surface area contributed by atoms with E-state index in [1.165, 1.54) is 0 Å². The SMILES string of the molecule is CCNCC1CCN(S(=O)(=O)N2CCC(C)C2)CC1.Cl. The monoisotopic (exact) mass is 325 g/mol. The zero-order valence-electron chi connectivity index (χ0n) is 12.5. The van der Waals surface area contributed by atoms with Crippen LogP contribution in [0.15, 0.2) is 0 Å². The Bertz CT molecular complexity index is 383. The fourth-order valence-corrected chi connectivity index (χ4v) is 4.74. The maximum Gasteiger partial charge on any atom is 0.281 e. The average Bonchev–Trinajstić information content (AvgIpc) is 2.84. The zero-order chi connectivity index (χ0) is 13.9. The molecule has 0 bridgehead atoms. The van der Waals surface area contributed by atoms with Gasteiger partial charge in [0.15, 0.2) is 0 Å². The van der Waals surface area contributed by atoms with E-state index in [0.29, 0.717) is 38.0 Å². The second-order valence-corrected chi connectivity index (χ2v) is 7.84. The van der Waals surface area contributed by atoms with Crippen LogP contribution in [0, 0.1) is 11.8 Å². The van der Waals surface area contributed by atoms with Crippen LogP contribution >= 0.6 is 12.4 Å². The fraction of sp³-hybridized carbons (Fsp3) is 1.00. The molecule has 0 spiro atoms. The summed E-state index contributed by atoms with van der Waals surface area (Å²) in [6.45, 7) is 8.99. The van der Waals surface area contributed by atoms with E-state index in [1.54, 1.807) is 8.61 Å². The van der Waals surface area contributed by atoms with Crippen molar-refractivity contribution >= 4 is 22.6 Å². The van der Waals surface area contributed by atoms with Gasteiger partial charge in [0.2, 0.25) is 0 Å². The van der Waals surface area contributed by atoms with Crippen LogP contribution in [0.1, 0.15) is 33.1 Å². The number of halogens is 1. The van der Waals surface area contributed by atoms with Gasteiger partial charge in [-0.25, -0.2) is 0 Å². The maximum absolute atomic E-state index is 12.5. The van der Waals surface area contributed by atoms with Crippen LogP contribution in [-0.2, 0) is 10.2 Å². The second-order valence-electron chi connectivity index (χ2n) is 5.91. The summed E-state index contributed by atoms with van der Waals surface area (Å²) in [6, 6.07) is 0. The number of nitrogens with zero attached hydrogens (tertiary/aromatic N) is 2. The molecule has 7 heteroatoms. The molecule has 1 unspecified atom stereocenters. The van der Waals surface area contributed by atoms with Crippen molar-refractivity contribution in [2.24, 2.45) is 11.8 Å². The van der Waals surface area contributed by atoms with Crippen LogP contribution in [0.5, 0.6) is 0 Å². The third-order valence-electron chi connectivity index (χ3n) is 4.30. The molecular weight excluding hydrogens is 298 g/mol. The maximum atomic E-state index is 12.5. The van der Waals surface area contributed by atoms with E-state index in [2.05, 4.69) is 19.2 Å². The molecule has 0 aliphatic carbocycles. The third-order valence-corrected chi connectivity index (χ3v) is 6.30. The predicted molar refractivity (Wildman–Crippen MR) is 84.4 cm³/mol. The molecule has 0 aromatic carbocycles. The molecule has 120 valence electrons. The number of nitrogens with one attached hydrogen (secondary N) is 1. The Morgan fingerprint density at radius 2 is 1.70 bits per heavy atom. The van der Waals surface area contributed by atoms with Gasteiger partial charge in [-0.1, -0.05) is 13.8 Å². The lowest BCUT2D eigenvalue weighted by molar-refractivity contribution is 0.254. The highest BCUT2D eigenvalue weighted by Crippen LogP contribution is 2.25. The molecule has 1 atom stereocenters. The summed E-state index contributed by atoms with van der Waals surface area (Å²) >= 11 is 0. The first-order chi connectivity index (χ1) is 9.04. The summed E-state index contributed by atoms with van der Waals surface area (Å²) in [7, 11) is -3.19. The lowest BCUT2D eigenvalue weighted by Gasteiger charge is -2.33. The Hall–Kier alpha value is 0.120. The molecule has 0 saturated carbocycles. The van der Waals surface area contributed by atoms with Crippen LogP contribution in [-0.4, -0.2) is 56.3 Å². The van der Waals surface area contributed by atoms with Crippen LogP contribution in [0.2, 0.25) is 0 Å². The Balaban J connectivity index is 0.00000200. The van der Waals surface area contributed by atoms with Crippen molar-refractivity contribution in [3.8, 4) is 0 Å². The van der Waals surface area contributed by atoms with Gasteiger partial charge in [-0.3, -0.25) is 0 Å². The normalized spacial score (nSPS) is 26.6. The quantitative estimate of drug-likeness (QED) is 0.829. The van der Waals surface area contributed by atoms with E-state index >= 15 is 0 Å². The first-order valence-corrected chi connectivity index (χ1v) is 8.89. The summed E-state index contributed by atoms with van der Waals surface area (Å²) in [5.41, 5.74) is 0. The van der Waals surface area contributed by atoms with Crippen molar-refractivity contribution in [2.45, 2.75) is 33.1 Å². The molecule has 2 saturated heterocycles. The van der Waals surface area contributed by atoms with Crippen molar-refractivity contribution in [1.29, 1.82) is 0 Å². The van der Waals surface area contributed by atoms with Crippen molar-refractivity contribution in [3.05, 3.63) is 0 Å².